The number of piperazine rings is 1. The van der Waals surface area contributed by atoms with E-state index < -0.39 is 0 Å². The van der Waals surface area contributed by atoms with Crippen molar-refractivity contribution >= 4 is 41.8 Å². The summed E-state index contributed by atoms with van der Waals surface area (Å²) >= 11 is 0. The van der Waals surface area contributed by atoms with Crippen molar-refractivity contribution in [2.24, 2.45) is 10.4 Å². The van der Waals surface area contributed by atoms with Crippen molar-refractivity contribution in [2.45, 2.75) is 51.5 Å². The summed E-state index contributed by atoms with van der Waals surface area (Å²) in [5.41, 5.74) is -0.308. The molecule has 178 valence electrons. The Hall–Kier alpha value is -1.10. The van der Waals surface area contributed by atoms with Crippen molar-refractivity contribution in [3.63, 3.8) is 0 Å². The molecule has 8 nitrogen and oxygen atoms in total. The first-order valence-electron chi connectivity index (χ1n) is 11.6. The van der Waals surface area contributed by atoms with Crippen LogP contribution in [0.1, 0.15) is 45.4 Å². The highest BCUT2D eigenvalue weighted by atomic mass is 127. The van der Waals surface area contributed by atoms with Gasteiger partial charge in [-0.3, -0.25) is 19.5 Å². The summed E-state index contributed by atoms with van der Waals surface area (Å²) in [6, 6.07) is -0.0558. The molecule has 3 rings (SSSR count). The number of aliphatic imine (C=N–C) groups is 1. The van der Waals surface area contributed by atoms with Gasteiger partial charge in [-0.2, -0.15) is 0 Å². The smallest absolute Gasteiger partial charge is 0.239 e. The summed E-state index contributed by atoms with van der Waals surface area (Å²) < 4.78 is 0. The van der Waals surface area contributed by atoms with E-state index in [0.717, 1.165) is 83.8 Å². The van der Waals surface area contributed by atoms with Crippen LogP contribution in [-0.2, 0) is 9.59 Å². The molecule has 3 aliphatic rings. The van der Waals surface area contributed by atoms with Crippen LogP contribution in [0.25, 0.3) is 0 Å². The topological polar surface area (TPSA) is 71.5 Å². The van der Waals surface area contributed by atoms with Crippen LogP contribution in [0.2, 0.25) is 0 Å². The Morgan fingerprint density at radius 1 is 0.968 bits per heavy atom. The Labute approximate surface area is 204 Å². The number of likely N-dealkylation sites (tertiary alicyclic amines) is 1. The Morgan fingerprint density at radius 2 is 1.55 bits per heavy atom. The zero-order chi connectivity index (χ0) is 21.7. The van der Waals surface area contributed by atoms with Crippen molar-refractivity contribution in [1.82, 2.24) is 24.9 Å². The molecule has 2 amide bonds. The lowest BCUT2D eigenvalue weighted by Gasteiger charge is -2.40. The number of halogens is 1. The van der Waals surface area contributed by atoms with Gasteiger partial charge in [0.15, 0.2) is 5.96 Å². The van der Waals surface area contributed by atoms with Crippen LogP contribution in [0.5, 0.6) is 0 Å². The average Bonchev–Trinajstić information content (AvgIpc) is 3.46. The van der Waals surface area contributed by atoms with Gasteiger partial charge in [-0.15, -0.1) is 24.0 Å². The number of rotatable bonds is 5. The fourth-order valence-electron chi connectivity index (χ4n) is 5.25. The van der Waals surface area contributed by atoms with Gasteiger partial charge in [0, 0.05) is 67.0 Å². The molecule has 3 fully saturated rings. The first-order chi connectivity index (χ1) is 14.4. The number of guanidine groups is 1. The van der Waals surface area contributed by atoms with Crippen molar-refractivity contribution in [1.29, 1.82) is 0 Å². The van der Waals surface area contributed by atoms with Crippen LogP contribution in [0, 0.1) is 5.41 Å². The maximum Gasteiger partial charge on any atom is 0.239 e. The number of nitrogens with zero attached hydrogens (tertiary/aromatic N) is 5. The van der Waals surface area contributed by atoms with E-state index in [9.17, 15) is 9.59 Å². The lowest BCUT2D eigenvalue weighted by atomic mass is 9.84. The second-order valence-electron chi connectivity index (χ2n) is 9.32. The fraction of sp³-hybridized carbons (Fsp3) is 0.864. The third-order valence-electron chi connectivity index (χ3n) is 7.15. The summed E-state index contributed by atoms with van der Waals surface area (Å²) in [6.45, 7) is 7.88. The third kappa shape index (κ3) is 6.03. The molecule has 0 aromatic carbocycles. The number of carbonyl (C=O) groups is 2. The Kier molecular flexibility index (Phi) is 9.85. The number of hydrogen-bond donors (Lipinski definition) is 1. The third-order valence-corrected chi connectivity index (χ3v) is 7.15. The summed E-state index contributed by atoms with van der Waals surface area (Å²) in [6.07, 6.45) is 6.37. The van der Waals surface area contributed by atoms with Crippen molar-refractivity contribution in [3.05, 3.63) is 0 Å². The van der Waals surface area contributed by atoms with Crippen LogP contribution < -0.4 is 5.32 Å². The van der Waals surface area contributed by atoms with Crippen LogP contribution in [0.3, 0.4) is 0 Å². The van der Waals surface area contributed by atoms with Gasteiger partial charge in [0.25, 0.3) is 0 Å². The molecular formula is C22H41IN6O2. The van der Waals surface area contributed by atoms with Crippen LogP contribution in [0.15, 0.2) is 4.99 Å². The molecule has 0 spiro atoms. The van der Waals surface area contributed by atoms with Crippen LogP contribution >= 0.6 is 24.0 Å². The highest BCUT2D eigenvalue weighted by Crippen LogP contribution is 2.39. The Morgan fingerprint density at radius 3 is 2.06 bits per heavy atom. The normalized spacial score (nSPS) is 22.8. The van der Waals surface area contributed by atoms with E-state index >= 15 is 0 Å². The molecule has 1 saturated carbocycles. The van der Waals surface area contributed by atoms with Gasteiger partial charge in [0.1, 0.15) is 0 Å². The predicted molar refractivity (Wildman–Crippen MR) is 135 cm³/mol. The highest BCUT2D eigenvalue weighted by molar-refractivity contribution is 14.0. The van der Waals surface area contributed by atoms with Gasteiger partial charge < -0.3 is 20.0 Å². The van der Waals surface area contributed by atoms with Gasteiger partial charge in [0.05, 0.1) is 11.5 Å². The molecule has 2 aliphatic heterocycles. The zero-order valence-electron chi connectivity index (χ0n) is 19.7. The minimum absolute atomic E-state index is 0. The first-order valence-corrected chi connectivity index (χ1v) is 11.6. The second kappa shape index (κ2) is 11.7. The second-order valence-corrected chi connectivity index (χ2v) is 9.32. The van der Waals surface area contributed by atoms with Gasteiger partial charge in [0.2, 0.25) is 11.8 Å². The van der Waals surface area contributed by atoms with E-state index in [0.29, 0.717) is 6.54 Å². The molecule has 9 heteroatoms. The summed E-state index contributed by atoms with van der Waals surface area (Å²) in [7, 11) is 5.51. The molecule has 1 N–H and O–H groups in total. The number of nitrogens with one attached hydrogen (secondary N) is 1. The molecule has 1 atom stereocenters. The van der Waals surface area contributed by atoms with Gasteiger partial charge in [-0.25, -0.2) is 0 Å². The molecule has 31 heavy (non-hydrogen) atoms. The van der Waals surface area contributed by atoms with Gasteiger partial charge >= 0.3 is 0 Å². The van der Waals surface area contributed by atoms with Gasteiger partial charge in [-0.05, 0) is 32.6 Å². The Bertz CT molecular complexity index is 636. The number of amides is 2. The highest BCUT2D eigenvalue weighted by Gasteiger charge is 2.42. The minimum Gasteiger partial charge on any atom is -0.355 e. The number of carbonyl (C=O) groups excluding carboxylic acids is 2. The molecular weight excluding hydrogens is 507 g/mol. The maximum atomic E-state index is 12.8. The van der Waals surface area contributed by atoms with E-state index in [1.54, 1.807) is 4.90 Å². The molecule has 0 aromatic rings. The van der Waals surface area contributed by atoms with E-state index in [4.69, 9.17) is 0 Å². The molecule has 1 unspecified atom stereocenters. The maximum absolute atomic E-state index is 12.8. The molecule has 0 radical (unpaired) electrons. The lowest BCUT2D eigenvalue weighted by molar-refractivity contribution is -0.139. The lowest BCUT2D eigenvalue weighted by Crippen LogP contribution is -2.58. The molecule has 1 aliphatic carbocycles. The summed E-state index contributed by atoms with van der Waals surface area (Å²) in [4.78, 5) is 38.3. The largest absolute Gasteiger partial charge is 0.355 e. The van der Waals surface area contributed by atoms with Crippen molar-refractivity contribution in [3.8, 4) is 0 Å². The average molecular weight is 549 g/mol. The predicted octanol–water partition coefficient (Wildman–Crippen LogP) is 1.46. The summed E-state index contributed by atoms with van der Waals surface area (Å²) in [5.74, 6) is 1.36. The fourth-order valence-corrected chi connectivity index (χ4v) is 5.25. The molecule has 0 bridgehead atoms. The minimum atomic E-state index is -0.308. The summed E-state index contributed by atoms with van der Waals surface area (Å²) in [5, 5.41) is 3.50. The van der Waals surface area contributed by atoms with Crippen molar-refractivity contribution in [2.75, 3.05) is 67.0 Å². The van der Waals surface area contributed by atoms with Crippen molar-refractivity contribution < 1.29 is 9.59 Å². The molecule has 0 aromatic heterocycles. The SMILES string of the molecule is CN=C(NCC1(C(=O)N(C)C)CCCC1)N1CCN(C(C)C(=O)N2CCCC2)CC1.I. The van der Waals surface area contributed by atoms with Crippen LogP contribution in [-0.4, -0.2) is 110 Å². The van der Waals surface area contributed by atoms with E-state index in [1.807, 2.05) is 33.0 Å². The first kappa shape index (κ1) is 26.2. The zero-order valence-corrected chi connectivity index (χ0v) is 22.1. The van der Waals surface area contributed by atoms with E-state index in [1.165, 1.54) is 0 Å². The van der Waals surface area contributed by atoms with Gasteiger partial charge in [-0.1, -0.05) is 12.8 Å². The molecule has 2 heterocycles. The monoisotopic (exact) mass is 548 g/mol. The van der Waals surface area contributed by atoms with E-state index in [2.05, 4.69) is 20.1 Å². The van der Waals surface area contributed by atoms with E-state index in [-0.39, 0.29) is 47.2 Å². The quantitative estimate of drug-likeness (QED) is 0.320. The molecule has 2 saturated heterocycles. The number of hydrogen-bond acceptors (Lipinski definition) is 4. The Balaban J connectivity index is 0.00000341. The standard InChI is InChI=1S/C22H40N6O2.HI/c1-18(19(29)27-11-7-8-12-27)26-13-15-28(16-14-26)21(23-2)24-17-22(9-5-6-10-22)20(30)25(3)4;/h18H,5-17H2,1-4H3,(H,23,24);1H. The van der Waals surface area contributed by atoms with Crippen LogP contribution in [0.4, 0.5) is 0 Å².